The van der Waals surface area contributed by atoms with Gasteiger partial charge in [-0.15, -0.1) is 0 Å². The lowest BCUT2D eigenvalue weighted by molar-refractivity contribution is -0.142. The maximum Gasteiger partial charge on any atom is 0.307 e. The van der Waals surface area contributed by atoms with E-state index in [0.717, 1.165) is 16.5 Å². The molecule has 0 amide bonds. The Kier molecular flexibility index (Phi) is 4.18. The Bertz CT molecular complexity index is 584. The SMILES string of the molecule is CCOC(=O)CCNc1ccc(N)c2ccncc12. The maximum atomic E-state index is 11.3. The highest BCUT2D eigenvalue weighted by Crippen LogP contribution is 2.27. The molecule has 0 saturated heterocycles. The van der Waals surface area contributed by atoms with Gasteiger partial charge in [-0.05, 0) is 25.1 Å². The van der Waals surface area contributed by atoms with E-state index in [2.05, 4.69) is 10.3 Å². The summed E-state index contributed by atoms with van der Waals surface area (Å²) in [5.41, 5.74) is 7.55. The normalized spacial score (nSPS) is 10.4. The third kappa shape index (κ3) is 3.13. The molecule has 0 fully saturated rings. The summed E-state index contributed by atoms with van der Waals surface area (Å²) in [4.78, 5) is 15.4. The second kappa shape index (κ2) is 6.04. The van der Waals surface area contributed by atoms with E-state index in [-0.39, 0.29) is 5.97 Å². The number of benzene rings is 1. The lowest BCUT2D eigenvalue weighted by Gasteiger charge is -2.10. The topological polar surface area (TPSA) is 77.2 Å². The molecule has 100 valence electrons. The number of nitrogens with two attached hydrogens (primary N) is 1. The first-order valence-corrected chi connectivity index (χ1v) is 6.24. The number of nitrogens with zero attached hydrogens (tertiary/aromatic N) is 1. The maximum absolute atomic E-state index is 11.3. The molecule has 0 aliphatic rings. The summed E-state index contributed by atoms with van der Waals surface area (Å²) >= 11 is 0. The van der Waals surface area contributed by atoms with Crippen LogP contribution in [0.15, 0.2) is 30.6 Å². The molecule has 0 radical (unpaired) electrons. The fourth-order valence-corrected chi connectivity index (χ4v) is 1.90. The molecule has 1 heterocycles. The van der Waals surface area contributed by atoms with Gasteiger partial charge in [0.05, 0.1) is 13.0 Å². The lowest BCUT2D eigenvalue weighted by Crippen LogP contribution is -2.11. The van der Waals surface area contributed by atoms with Crippen molar-refractivity contribution in [3.63, 3.8) is 0 Å². The average molecular weight is 259 g/mol. The summed E-state index contributed by atoms with van der Waals surface area (Å²) in [7, 11) is 0. The Balaban J connectivity index is 2.09. The number of pyridine rings is 1. The Labute approximate surface area is 111 Å². The monoisotopic (exact) mass is 259 g/mol. The number of fused-ring (bicyclic) bond motifs is 1. The van der Waals surface area contributed by atoms with Crippen molar-refractivity contribution in [1.29, 1.82) is 0 Å². The van der Waals surface area contributed by atoms with Crippen LogP contribution in [-0.2, 0) is 9.53 Å². The molecule has 0 atom stereocenters. The minimum absolute atomic E-state index is 0.201. The second-order valence-electron chi connectivity index (χ2n) is 4.11. The molecule has 0 unspecified atom stereocenters. The third-order valence-corrected chi connectivity index (χ3v) is 2.80. The van der Waals surface area contributed by atoms with Crippen molar-refractivity contribution in [2.45, 2.75) is 13.3 Å². The predicted octanol–water partition coefficient (Wildman–Crippen LogP) is 2.18. The number of carbonyl (C=O) groups excluding carboxylic acids is 1. The summed E-state index contributed by atoms with van der Waals surface area (Å²) in [5, 5.41) is 5.11. The minimum atomic E-state index is -0.201. The summed E-state index contributed by atoms with van der Waals surface area (Å²) in [6, 6.07) is 5.61. The highest BCUT2D eigenvalue weighted by atomic mass is 16.5. The van der Waals surface area contributed by atoms with Crippen molar-refractivity contribution in [2.75, 3.05) is 24.2 Å². The van der Waals surface area contributed by atoms with Gasteiger partial charge in [-0.25, -0.2) is 0 Å². The molecule has 0 aliphatic carbocycles. The van der Waals surface area contributed by atoms with Crippen LogP contribution in [0.1, 0.15) is 13.3 Å². The number of esters is 1. The van der Waals surface area contributed by atoms with Gasteiger partial charge >= 0.3 is 5.97 Å². The van der Waals surface area contributed by atoms with E-state index in [1.54, 1.807) is 19.3 Å². The first-order valence-electron chi connectivity index (χ1n) is 6.24. The largest absolute Gasteiger partial charge is 0.466 e. The van der Waals surface area contributed by atoms with Gasteiger partial charge in [-0.3, -0.25) is 9.78 Å². The van der Waals surface area contributed by atoms with E-state index in [1.807, 2.05) is 18.2 Å². The Hall–Kier alpha value is -2.30. The van der Waals surface area contributed by atoms with Gasteiger partial charge < -0.3 is 15.8 Å². The van der Waals surface area contributed by atoms with Gasteiger partial charge in [0.1, 0.15) is 0 Å². The fourth-order valence-electron chi connectivity index (χ4n) is 1.90. The van der Waals surface area contributed by atoms with Crippen LogP contribution >= 0.6 is 0 Å². The summed E-state index contributed by atoms with van der Waals surface area (Å²) < 4.78 is 4.88. The van der Waals surface area contributed by atoms with Crippen molar-refractivity contribution in [1.82, 2.24) is 4.98 Å². The molecule has 0 aliphatic heterocycles. The van der Waals surface area contributed by atoms with Crippen molar-refractivity contribution in [2.24, 2.45) is 0 Å². The van der Waals surface area contributed by atoms with Crippen molar-refractivity contribution < 1.29 is 9.53 Å². The zero-order valence-corrected chi connectivity index (χ0v) is 10.8. The van der Waals surface area contributed by atoms with E-state index in [0.29, 0.717) is 25.3 Å². The fraction of sp³-hybridized carbons (Fsp3) is 0.286. The molecule has 2 aromatic rings. The van der Waals surface area contributed by atoms with Crippen LogP contribution in [0.3, 0.4) is 0 Å². The van der Waals surface area contributed by atoms with E-state index in [4.69, 9.17) is 10.5 Å². The first kappa shape index (κ1) is 13.1. The van der Waals surface area contributed by atoms with Crippen LogP contribution in [-0.4, -0.2) is 24.1 Å². The summed E-state index contributed by atoms with van der Waals surface area (Å²) in [5.74, 6) is -0.201. The number of hydrogen-bond acceptors (Lipinski definition) is 5. The van der Waals surface area contributed by atoms with E-state index >= 15 is 0 Å². The molecule has 1 aromatic heterocycles. The Morgan fingerprint density at radius 1 is 1.37 bits per heavy atom. The van der Waals surface area contributed by atoms with Gasteiger partial charge in [0, 0.05) is 41.1 Å². The molecule has 19 heavy (non-hydrogen) atoms. The van der Waals surface area contributed by atoms with Crippen LogP contribution < -0.4 is 11.1 Å². The second-order valence-corrected chi connectivity index (χ2v) is 4.11. The third-order valence-electron chi connectivity index (χ3n) is 2.80. The molecule has 5 nitrogen and oxygen atoms in total. The van der Waals surface area contributed by atoms with Crippen LogP contribution in [0.5, 0.6) is 0 Å². The molecule has 0 bridgehead atoms. The molecular weight excluding hydrogens is 242 g/mol. The number of ether oxygens (including phenoxy) is 1. The van der Waals surface area contributed by atoms with E-state index < -0.39 is 0 Å². The lowest BCUT2D eigenvalue weighted by atomic mass is 10.1. The van der Waals surface area contributed by atoms with Crippen LogP contribution in [0.25, 0.3) is 10.8 Å². The number of rotatable bonds is 5. The molecule has 1 aromatic carbocycles. The van der Waals surface area contributed by atoms with Gasteiger partial charge in [0.15, 0.2) is 0 Å². The number of nitrogens with one attached hydrogen (secondary N) is 1. The van der Waals surface area contributed by atoms with Gasteiger partial charge in [-0.1, -0.05) is 0 Å². The van der Waals surface area contributed by atoms with Crippen molar-refractivity contribution in [3.8, 4) is 0 Å². The van der Waals surface area contributed by atoms with Crippen molar-refractivity contribution >= 4 is 28.1 Å². The zero-order chi connectivity index (χ0) is 13.7. The Morgan fingerprint density at radius 3 is 3.00 bits per heavy atom. The summed E-state index contributed by atoms with van der Waals surface area (Å²) in [6.07, 6.45) is 3.81. The number of nitrogen functional groups attached to an aromatic ring is 1. The first-order chi connectivity index (χ1) is 9.22. The van der Waals surface area contributed by atoms with E-state index in [1.165, 1.54) is 0 Å². The van der Waals surface area contributed by atoms with Crippen LogP contribution in [0.2, 0.25) is 0 Å². The van der Waals surface area contributed by atoms with E-state index in [9.17, 15) is 4.79 Å². The molecule has 2 rings (SSSR count). The van der Waals surface area contributed by atoms with Crippen molar-refractivity contribution in [3.05, 3.63) is 30.6 Å². The highest BCUT2D eigenvalue weighted by molar-refractivity contribution is 6.00. The number of anilines is 2. The predicted molar refractivity (Wildman–Crippen MR) is 75.9 cm³/mol. The van der Waals surface area contributed by atoms with Crippen LogP contribution in [0, 0.1) is 0 Å². The average Bonchev–Trinajstić information content (AvgIpc) is 2.42. The molecule has 0 spiro atoms. The Morgan fingerprint density at radius 2 is 2.21 bits per heavy atom. The number of carbonyl (C=O) groups is 1. The summed E-state index contributed by atoms with van der Waals surface area (Å²) in [6.45, 7) is 2.73. The molecule has 3 N–H and O–H groups in total. The quantitative estimate of drug-likeness (QED) is 0.635. The van der Waals surface area contributed by atoms with Gasteiger partial charge in [0.2, 0.25) is 0 Å². The highest BCUT2D eigenvalue weighted by Gasteiger charge is 2.05. The minimum Gasteiger partial charge on any atom is -0.466 e. The molecule has 0 saturated carbocycles. The molecule has 5 heteroatoms. The van der Waals surface area contributed by atoms with Gasteiger partial charge in [-0.2, -0.15) is 0 Å². The van der Waals surface area contributed by atoms with Crippen LogP contribution in [0.4, 0.5) is 11.4 Å². The molecular formula is C14H17N3O2. The van der Waals surface area contributed by atoms with Gasteiger partial charge in [0.25, 0.3) is 0 Å². The number of hydrogen-bond donors (Lipinski definition) is 2. The standard InChI is InChI=1S/C14H17N3O2/c1-2-19-14(18)6-8-17-13-4-3-12(15)10-5-7-16-9-11(10)13/h3-5,7,9,17H,2,6,8,15H2,1H3. The zero-order valence-electron chi connectivity index (χ0n) is 10.8. The smallest absolute Gasteiger partial charge is 0.307 e. The number of aromatic nitrogens is 1.